The van der Waals surface area contributed by atoms with Crippen molar-refractivity contribution >= 4 is 11.6 Å². The molecule has 1 aromatic heterocycles. The Kier molecular flexibility index (Phi) is 4.09. The van der Waals surface area contributed by atoms with Gasteiger partial charge in [0.05, 0.1) is 0 Å². The van der Waals surface area contributed by atoms with Crippen molar-refractivity contribution in [1.29, 1.82) is 0 Å². The average molecular weight is 280 g/mol. The third-order valence-corrected chi connectivity index (χ3v) is 2.35. The molecular weight excluding hydrogens is 270 g/mol. The number of rotatable bonds is 4. The molecule has 0 bridgehead atoms. The van der Waals surface area contributed by atoms with Gasteiger partial charge in [-0.2, -0.15) is 8.78 Å². The van der Waals surface area contributed by atoms with E-state index in [9.17, 15) is 18.4 Å². The average Bonchev–Trinajstić information content (AvgIpc) is 2.38. The second kappa shape index (κ2) is 5.96. The minimum Gasteiger partial charge on any atom is -0.435 e. The number of benzene rings is 1. The number of aromatic amines is 1. The quantitative estimate of drug-likeness (QED) is 0.902. The second-order valence-electron chi connectivity index (χ2n) is 3.80. The van der Waals surface area contributed by atoms with Crippen LogP contribution in [0.3, 0.4) is 0 Å². The van der Waals surface area contributed by atoms with E-state index in [1.165, 1.54) is 36.5 Å². The summed E-state index contributed by atoms with van der Waals surface area (Å²) in [4.78, 5) is 25.3. The molecule has 2 rings (SSSR count). The summed E-state index contributed by atoms with van der Waals surface area (Å²) >= 11 is 0. The van der Waals surface area contributed by atoms with Gasteiger partial charge < -0.3 is 15.0 Å². The van der Waals surface area contributed by atoms with E-state index in [1.807, 2.05) is 0 Å². The molecule has 1 heterocycles. The molecular formula is C13H10F2N2O3. The minimum atomic E-state index is -2.94. The van der Waals surface area contributed by atoms with Crippen molar-refractivity contribution in [2.75, 3.05) is 5.32 Å². The standard InChI is InChI=1S/C13H10F2N2O3/c14-13(15)20-10-3-1-2-9(7-10)17-12(19)8-4-5-16-11(18)6-8/h1-7,13H,(H,16,18)(H,17,19). The molecule has 0 aliphatic carbocycles. The molecule has 104 valence electrons. The van der Waals surface area contributed by atoms with Crippen LogP contribution >= 0.6 is 0 Å². The first-order valence-corrected chi connectivity index (χ1v) is 5.59. The van der Waals surface area contributed by atoms with Gasteiger partial charge in [0.1, 0.15) is 5.75 Å². The van der Waals surface area contributed by atoms with Crippen LogP contribution in [0.5, 0.6) is 5.75 Å². The van der Waals surface area contributed by atoms with Gasteiger partial charge in [0.2, 0.25) is 5.56 Å². The third kappa shape index (κ3) is 3.64. The molecule has 2 aromatic rings. The van der Waals surface area contributed by atoms with Crippen LogP contribution in [0.1, 0.15) is 10.4 Å². The highest BCUT2D eigenvalue weighted by atomic mass is 19.3. The summed E-state index contributed by atoms with van der Waals surface area (Å²) in [5.41, 5.74) is 0.0368. The molecule has 0 saturated carbocycles. The zero-order valence-electron chi connectivity index (χ0n) is 10.1. The number of carbonyl (C=O) groups is 1. The number of aromatic nitrogens is 1. The monoisotopic (exact) mass is 280 g/mol. The molecule has 0 unspecified atom stereocenters. The van der Waals surface area contributed by atoms with E-state index in [4.69, 9.17) is 0 Å². The Morgan fingerprint density at radius 2 is 2.05 bits per heavy atom. The van der Waals surface area contributed by atoms with Crippen LogP contribution in [0.2, 0.25) is 0 Å². The summed E-state index contributed by atoms with van der Waals surface area (Å²) in [5.74, 6) is -0.589. The van der Waals surface area contributed by atoms with Crippen LogP contribution < -0.4 is 15.6 Å². The Labute approximate surface area is 112 Å². The van der Waals surface area contributed by atoms with E-state index < -0.39 is 18.1 Å². The molecule has 0 aliphatic rings. The number of anilines is 1. The molecule has 0 saturated heterocycles. The molecule has 5 nitrogen and oxygen atoms in total. The molecule has 0 fully saturated rings. The SMILES string of the molecule is O=C(Nc1cccc(OC(F)F)c1)c1cc[nH]c(=O)c1. The van der Waals surface area contributed by atoms with Crippen molar-refractivity contribution in [2.45, 2.75) is 6.61 Å². The van der Waals surface area contributed by atoms with Crippen molar-refractivity contribution in [3.8, 4) is 5.75 Å². The summed E-state index contributed by atoms with van der Waals surface area (Å²) in [5, 5.41) is 2.48. The molecule has 0 aliphatic heterocycles. The lowest BCUT2D eigenvalue weighted by molar-refractivity contribution is -0.0497. The van der Waals surface area contributed by atoms with Gasteiger partial charge in [-0.1, -0.05) is 6.07 Å². The maximum absolute atomic E-state index is 12.1. The van der Waals surface area contributed by atoms with Gasteiger partial charge in [-0.25, -0.2) is 0 Å². The molecule has 20 heavy (non-hydrogen) atoms. The van der Waals surface area contributed by atoms with E-state index in [0.29, 0.717) is 0 Å². The molecule has 2 N–H and O–H groups in total. The number of halogens is 2. The first-order valence-electron chi connectivity index (χ1n) is 5.59. The minimum absolute atomic E-state index is 0.0660. The van der Waals surface area contributed by atoms with E-state index in [0.717, 1.165) is 6.07 Å². The number of ether oxygens (including phenoxy) is 1. The number of amides is 1. The number of hydrogen-bond donors (Lipinski definition) is 2. The first-order chi connectivity index (χ1) is 9.54. The fourth-order valence-electron chi connectivity index (χ4n) is 1.54. The summed E-state index contributed by atoms with van der Waals surface area (Å²) in [6, 6.07) is 8.14. The fraction of sp³-hybridized carbons (Fsp3) is 0.0769. The summed E-state index contributed by atoms with van der Waals surface area (Å²) in [6.07, 6.45) is 1.34. The second-order valence-corrected chi connectivity index (χ2v) is 3.80. The fourth-order valence-corrected chi connectivity index (χ4v) is 1.54. The van der Waals surface area contributed by atoms with E-state index in [2.05, 4.69) is 15.0 Å². The summed E-state index contributed by atoms with van der Waals surface area (Å²) < 4.78 is 28.4. The lowest BCUT2D eigenvalue weighted by Gasteiger charge is -2.08. The van der Waals surface area contributed by atoms with E-state index in [1.54, 1.807) is 0 Å². The van der Waals surface area contributed by atoms with Crippen molar-refractivity contribution in [3.05, 3.63) is 58.5 Å². The number of pyridine rings is 1. The Morgan fingerprint density at radius 1 is 1.25 bits per heavy atom. The van der Waals surface area contributed by atoms with Crippen molar-refractivity contribution in [1.82, 2.24) is 4.98 Å². The Hall–Kier alpha value is -2.70. The molecule has 1 aromatic carbocycles. The Balaban J connectivity index is 2.13. The molecule has 1 amide bonds. The maximum atomic E-state index is 12.1. The highest BCUT2D eigenvalue weighted by Crippen LogP contribution is 2.19. The van der Waals surface area contributed by atoms with Crippen LogP contribution in [0.15, 0.2) is 47.4 Å². The summed E-state index contributed by atoms with van der Waals surface area (Å²) in [7, 11) is 0. The Morgan fingerprint density at radius 3 is 2.75 bits per heavy atom. The van der Waals surface area contributed by atoms with Gasteiger partial charge in [-0.05, 0) is 18.2 Å². The zero-order chi connectivity index (χ0) is 14.5. The van der Waals surface area contributed by atoms with Gasteiger partial charge in [0.15, 0.2) is 0 Å². The largest absolute Gasteiger partial charge is 0.435 e. The smallest absolute Gasteiger partial charge is 0.387 e. The molecule has 7 heteroatoms. The van der Waals surface area contributed by atoms with Gasteiger partial charge >= 0.3 is 6.61 Å². The zero-order valence-corrected chi connectivity index (χ0v) is 10.1. The van der Waals surface area contributed by atoms with Gasteiger partial charge in [0.25, 0.3) is 5.91 Å². The van der Waals surface area contributed by atoms with E-state index in [-0.39, 0.29) is 17.0 Å². The van der Waals surface area contributed by atoms with Crippen molar-refractivity contribution in [3.63, 3.8) is 0 Å². The van der Waals surface area contributed by atoms with Gasteiger partial charge in [-0.3, -0.25) is 9.59 Å². The maximum Gasteiger partial charge on any atom is 0.387 e. The van der Waals surface area contributed by atoms with Crippen LogP contribution in [0.4, 0.5) is 14.5 Å². The predicted octanol–water partition coefficient (Wildman–Crippen LogP) is 2.23. The highest BCUT2D eigenvalue weighted by Gasteiger charge is 2.08. The van der Waals surface area contributed by atoms with Gasteiger partial charge in [-0.15, -0.1) is 0 Å². The third-order valence-electron chi connectivity index (χ3n) is 2.35. The Bertz CT molecular complexity index is 670. The molecule has 0 atom stereocenters. The molecule has 0 spiro atoms. The number of nitrogens with one attached hydrogen (secondary N) is 2. The number of hydrogen-bond acceptors (Lipinski definition) is 3. The number of carbonyl (C=O) groups excluding carboxylic acids is 1. The van der Waals surface area contributed by atoms with Gasteiger partial charge in [0, 0.05) is 29.6 Å². The van der Waals surface area contributed by atoms with Crippen LogP contribution in [-0.4, -0.2) is 17.5 Å². The number of alkyl halides is 2. The normalized spacial score (nSPS) is 10.3. The van der Waals surface area contributed by atoms with Crippen LogP contribution in [0.25, 0.3) is 0 Å². The van der Waals surface area contributed by atoms with Crippen LogP contribution in [-0.2, 0) is 0 Å². The highest BCUT2D eigenvalue weighted by molar-refractivity contribution is 6.04. The lowest BCUT2D eigenvalue weighted by Crippen LogP contribution is -2.15. The topological polar surface area (TPSA) is 71.2 Å². The first kappa shape index (κ1) is 13.7. The summed E-state index contributed by atoms with van der Waals surface area (Å²) in [6.45, 7) is -2.94. The predicted molar refractivity (Wildman–Crippen MR) is 68.1 cm³/mol. The van der Waals surface area contributed by atoms with E-state index >= 15 is 0 Å². The van der Waals surface area contributed by atoms with Crippen LogP contribution in [0, 0.1) is 0 Å². The number of H-pyrrole nitrogens is 1. The lowest BCUT2D eigenvalue weighted by atomic mass is 10.2. The van der Waals surface area contributed by atoms with Crippen molar-refractivity contribution < 1.29 is 18.3 Å². The molecule has 0 radical (unpaired) electrons. The van der Waals surface area contributed by atoms with Crippen molar-refractivity contribution in [2.24, 2.45) is 0 Å².